The molecule has 1 amide bonds. The van der Waals surface area contributed by atoms with E-state index in [1.807, 2.05) is 54.6 Å². The van der Waals surface area contributed by atoms with Crippen molar-refractivity contribution in [2.24, 2.45) is 0 Å². The summed E-state index contributed by atoms with van der Waals surface area (Å²) in [4.78, 5) is 27.8. The first-order valence-corrected chi connectivity index (χ1v) is 11.1. The predicted molar refractivity (Wildman–Crippen MR) is 128 cm³/mol. The molecule has 33 heavy (non-hydrogen) atoms. The maximum atomic E-state index is 13.1. The van der Waals surface area contributed by atoms with E-state index < -0.39 is 17.7 Å². The number of aliphatic hydroxyl groups excluding tert-OH is 1. The molecule has 3 aromatic carbocycles. The zero-order chi connectivity index (χ0) is 23.4. The van der Waals surface area contributed by atoms with Gasteiger partial charge in [0, 0.05) is 12.1 Å². The molecule has 0 radical (unpaired) electrons. The van der Waals surface area contributed by atoms with Crippen LogP contribution < -0.4 is 4.74 Å². The van der Waals surface area contributed by atoms with Gasteiger partial charge in [-0.1, -0.05) is 61.5 Å². The Morgan fingerprint density at radius 2 is 1.58 bits per heavy atom. The molecule has 1 aliphatic heterocycles. The van der Waals surface area contributed by atoms with E-state index in [1.54, 1.807) is 36.3 Å². The van der Waals surface area contributed by atoms with E-state index in [1.165, 1.54) is 0 Å². The Labute approximate surface area is 193 Å². The summed E-state index contributed by atoms with van der Waals surface area (Å²) in [6.07, 6.45) is 1.50. The largest absolute Gasteiger partial charge is 0.507 e. The fourth-order valence-corrected chi connectivity index (χ4v) is 4.19. The second-order valence-corrected chi connectivity index (χ2v) is 8.05. The molecule has 1 aliphatic rings. The van der Waals surface area contributed by atoms with Gasteiger partial charge in [-0.25, -0.2) is 0 Å². The second-order valence-electron chi connectivity index (χ2n) is 8.05. The molecule has 1 N–H and O–H groups in total. The quantitative estimate of drug-likeness (QED) is 0.321. The highest BCUT2D eigenvalue weighted by Gasteiger charge is 2.45. The number of carbonyl (C=O) groups is 2. The smallest absolute Gasteiger partial charge is 0.295 e. The first-order valence-electron chi connectivity index (χ1n) is 11.1. The van der Waals surface area contributed by atoms with Gasteiger partial charge in [-0.05, 0) is 53.8 Å². The molecule has 0 spiro atoms. The van der Waals surface area contributed by atoms with Crippen molar-refractivity contribution >= 4 is 17.4 Å². The number of ketones is 1. The van der Waals surface area contributed by atoms with Gasteiger partial charge in [-0.3, -0.25) is 9.59 Å². The van der Waals surface area contributed by atoms with Gasteiger partial charge < -0.3 is 14.7 Å². The summed E-state index contributed by atoms with van der Waals surface area (Å²) in [5, 5.41) is 11.1. The molecule has 0 saturated carbocycles. The van der Waals surface area contributed by atoms with Gasteiger partial charge in [0.15, 0.2) is 0 Å². The van der Waals surface area contributed by atoms with Gasteiger partial charge in [0.05, 0.1) is 18.7 Å². The fraction of sp³-hybridized carbons (Fsp3) is 0.214. The van der Waals surface area contributed by atoms with Crippen LogP contribution in [0.4, 0.5) is 0 Å². The first-order chi connectivity index (χ1) is 16.0. The van der Waals surface area contributed by atoms with E-state index in [9.17, 15) is 14.7 Å². The van der Waals surface area contributed by atoms with Crippen LogP contribution in [0.3, 0.4) is 0 Å². The van der Waals surface area contributed by atoms with Crippen molar-refractivity contribution in [1.29, 1.82) is 0 Å². The standard InChI is InChI=1S/C28H27NO4/c1-3-19-9-11-21(12-10-19)25-24(26(30)22-13-15-23(33-2)16-14-22)27(31)28(32)29(25)18-17-20-7-5-4-6-8-20/h4-16,25,30H,3,17-18H2,1-2H3/b26-24+. The maximum Gasteiger partial charge on any atom is 0.295 e. The lowest BCUT2D eigenvalue weighted by atomic mass is 9.94. The number of hydrogen-bond donors (Lipinski definition) is 1. The highest BCUT2D eigenvalue weighted by Crippen LogP contribution is 2.39. The van der Waals surface area contributed by atoms with Crippen LogP contribution in [0.25, 0.3) is 5.76 Å². The minimum absolute atomic E-state index is 0.113. The molecular weight excluding hydrogens is 414 g/mol. The molecule has 5 nitrogen and oxygen atoms in total. The number of aryl methyl sites for hydroxylation is 1. The van der Waals surface area contributed by atoms with E-state index >= 15 is 0 Å². The number of ether oxygens (including phenoxy) is 1. The lowest BCUT2D eigenvalue weighted by molar-refractivity contribution is -0.139. The molecule has 1 saturated heterocycles. The number of benzene rings is 3. The van der Waals surface area contributed by atoms with Gasteiger partial charge in [0.1, 0.15) is 11.5 Å². The predicted octanol–water partition coefficient (Wildman–Crippen LogP) is 4.92. The number of likely N-dealkylation sites (tertiary alicyclic amines) is 1. The van der Waals surface area contributed by atoms with E-state index in [0.29, 0.717) is 24.3 Å². The zero-order valence-electron chi connectivity index (χ0n) is 18.8. The van der Waals surface area contributed by atoms with E-state index in [0.717, 1.165) is 23.1 Å². The minimum atomic E-state index is -0.666. The molecule has 1 fully saturated rings. The molecule has 1 unspecified atom stereocenters. The Balaban J connectivity index is 1.77. The number of aliphatic hydroxyl groups is 1. The van der Waals surface area contributed by atoms with Gasteiger partial charge in [0.25, 0.3) is 11.7 Å². The SMILES string of the molecule is CCc1ccc(C2/C(=C(\O)c3ccc(OC)cc3)C(=O)C(=O)N2CCc2ccccc2)cc1. The number of methoxy groups -OCH3 is 1. The maximum absolute atomic E-state index is 13.1. The van der Waals surface area contributed by atoms with Crippen LogP contribution in [-0.4, -0.2) is 35.4 Å². The first kappa shape index (κ1) is 22.3. The van der Waals surface area contributed by atoms with Crippen LogP contribution in [0.5, 0.6) is 5.75 Å². The molecule has 5 heteroatoms. The number of Topliss-reactive ketones (excluding diaryl/α,β-unsaturated/α-hetero) is 1. The summed E-state index contributed by atoms with van der Waals surface area (Å²) >= 11 is 0. The Hall–Kier alpha value is -3.86. The van der Waals surface area contributed by atoms with Gasteiger partial charge in [-0.15, -0.1) is 0 Å². The fourth-order valence-electron chi connectivity index (χ4n) is 4.19. The van der Waals surface area contributed by atoms with Crippen molar-refractivity contribution in [3.63, 3.8) is 0 Å². The van der Waals surface area contributed by atoms with Crippen molar-refractivity contribution in [3.05, 3.63) is 107 Å². The molecule has 0 bridgehead atoms. The van der Waals surface area contributed by atoms with Crippen LogP contribution in [0.15, 0.2) is 84.4 Å². The number of rotatable bonds is 7. The Morgan fingerprint density at radius 1 is 0.909 bits per heavy atom. The Bertz CT molecular complexity index is 1160. The Kier molecular flexibility index (Phi) is 6.59. The second kappa shape index (κ2) is 9.74. The van der Waals surface area contributed by atoms with Crippen molar-refractivity contribution in [1.82, 2.24) is 4.90 Å². The van der Waals surface area contributed by atoms with Crippen LogP contribution >= 0.6 is 0 Å². The van der Waals surface area contributed by atoms with Crippen molar-refractivity contribution in [2.45, 2.75) is 25.8 Å². The average Bonchev–Trinajstić information content (AvgIpc) is 3.12. The van der Waals surface area contributed by atoms with Crippen molar-refractivity contribution < 1.29 is 19.4 Å². The summed E-state index contributed by atoms with van der Waals surface area (Å²) in [5.74, 6) is -0.796. The number of hydrogen-bond acceptors (Lipinski definition) is 4. The third-order valence-electron chi connectivity index (χ3n) is 6.09. The summed E-state index contributed by atoms with van der Waals surface area (Å²) in [5.41, 5.74) is 3.62. The van der Waals surface area contributed by atoms with E-state index in [2.05, 4.69) is 6.92 Å². The van der Waals surface area contributed by atoms with Gasteiger partial charge in [0.2, 0.25) is 0 Å². The molecular formula is C28H27NO4. The normalized spacial score (nSPS) is 17.4. The van der Waals surface area contributed by atoms with E-state index in [-0.39, 0.29) is 11.3 Å². The monoisotopic (exact) mass is 441 g/mol. The highest BCUT2D eigenvalue weighted by molar-refractivity contribution is 6.46. The van der Waals surface area contributed by atoms with Gasteiger partial charge in [-0.2, -0.15) is 0 Å². The summed E-state index contributed by atoms with van der Waals surface area (Å²) in [6, 6.07) is 23.9. The molecule has 4 rings (SSSR count). The van der Waals surface area contributed by atoms with Crippen molar-refractivity contribution in [2.75, 3.05) is 13.7 Å². The highest BCUT2D eigenvalue weighted by atomic mass is 16.5. The number of carbonyl (C=O) groups excluding carboxylic acids is 2. The zero-order valence-corrected chi connectivity index (χ0v) is 18.8. The minimum Gasteiger partial charge on any atom is -0.507 e. The lowest BCUT2D eigenvalue weighted by Gasteiger charge is -2.25. The summed E-state index contributed by atoms with van der Waals surface area (Å²) in [7, 11) is 1.56. The Morgan fingerprint density at radius 3 is 2.18 bits per heavy atom. The average molecular weight is 442 g/mol. The number of amides is 1. The van der Waals surface area contributed by atoms with Crippen LogP contribution in [0, 0.1) is 0 Å². The van der Waals surface area contributed by atoms with Crippen LogP contribution in [0.1, 0.15) is 35.2 Å². The molecule has 168 valence electrons. The molecule has 0 aromatic heterocycles. The van der Waals surface area contributed by atoms with Crippen LogP contribution in [-0.2, 0) is 22.4 Å². The van der Waals surface area contributed by atoms with Crippen LogP contribution in [0.2, 0.25) is 0 Å². The number of nitrogens with zero attached hydrogens (tertiary/aromatic N) is 1. The third-order valence-corrected chi connectivity index (χ3v) is 6.09. The van der Waals surface area contributed by atoms with Crippen molar-refractivity contribution in [3.8, 4) is 5.75 Å². The molecule has 1 atom stereocenters. The van der Waals surface area contributed by atoms with E-state index in [4.69, 9.17) is 4.74 Å². The molecule has 0 aliphatic carbocycles. The topological polar surface area (TPSA) is 66.8 Å². The summed E-state index contributed by atoms with van der Waals surface area (Å²) in [6.45, 7) is 2.44. The third kappa shape index (κ3) is 4.53. The lowest BCUT2D eigenvalue weighted by Crippen LogP contribution is -2.31. The summed E-state index contributed by atoms with van der Waals surface area (Å²) < 4.78 is 5.19. The van der Waals surface area contributed by atoms with Gasteiger partial charge >= 0.3 is 0 Å². The molecule has 3 aromatic rings. The molecule has 1 heterocycles.